The fourth-order valence-electron chi connectivity index (χ4n) is 2.99. The quantitative estimate of drug-likeness (QED) is 0.882. The van der Waals surface area contributed by atoms with E-state index >= 15 is 0 Å². The van der Waals surface area contributed by atoms with Crippen molar-refractivity contribution in [3.05, 3.63) is 29.8 Å². The molecule has 1 saturated heterocycles. The summed E-state index contributed by atoms with van der Waals surface area (Å²) in [5.41, 5.74) is 2.13. The number of hydrogen-bond donors (Lipinski definition) is 2. The molecule has 1 fully saturated rings. The first-order valence-corrected chi connectivity index (χ1v) is 7.54. The monoisotopic (exact) mass is 274 g/mol. The maximum Gasteiger partial charge on any atom is 0.253 e. The third-order valence-corrected chi connectivity index (χ3v) is 4.25. The Morgan fingerprint density at radius 3 is 3.00 bits per heavy atom. The van der Waals surface area contributed by atoms with Crippen LogP contribution in [0, 0.1) is 5.92 Å². The summed E-state index contributed by atoms with van der Waals surface area (Å²) >= 11 is 0. The molecule has 0 bridgehead atoms. The molecule has 1 aromatic rings. The van der Waals surface area contributed by atoms with Crippen LogP contribution in [0.15, 0.2) is 24.3 Å². The summed E-state index contributed by atoms with van der Waals surface area (Å²) in [4.78, 5) is 12.2. The lowest BCUT2D eigenvalue weighted by molar-refractivity contribution is -0.127. The first-order chi connectivity index (χ1) is 9.83. The van der Waals surface area contributed by atoms with E-state index in [0.29, 0.717) is 12.5 Å². The first kappa shape index (κ1) is 13.6. The molecule has 1 amide bonds. The van der Waals surface area contributed by atoms with Gasteiger partial charge in [0.2, 0.25) is 0 Å². The molecule has 2 aliphatic rings. The van der Waals surface area contributed by atoms with Crippen LogP contribution in [0.5, 0.6) is 0 Å². The summed E-state index contributed by atoms with van der Waals surface area (Å²) in [7, 11) is 0. The van der Waals surface area contributed by atoms with Gasteiger partial charge in [-0.2, -0.15) is 0 Å². The Bertz CT molecular complexity index is 469. The number of hydrogen-bond acceptors (Lipinski definition) is 3. The summed E-state index contributed by atoms with van der Waals surface area (Å²) in [6.07, 6.45) is 3.63. The largest absolute Gasteiger partial charge is 0.368 e. The van der Waals surface area contributed by atoms with Crippen molar-refractivity contribution in [1.29, 1.82) is 0 Å². The van der Waals surface area contributed by atoms with Crippen LogP contribution in [0.3, 0.4) is 0 Å². The summed E-state index contributed by atoms with van der Waals surface area (Å²) in [6.45, 7) is 2.89. The van der Waals surface area contributed by atoms with Gasteiger partial charge in [0.25, 0.3) is 5.91 Å². The number of para-hydroxylation sites is 1. The molecule has 0 spiro atoms. The van der Waals surface area contributed by atoms with Crippen molar-refractivity contribution in [2.75, 3.05) is 25.0 Å². The average Bonchev–Trinajstić information content (AvgIpc) is 2.91. The number of nitrogens with one attached hydrogen (secondary N) is 2. The Morgan fingerprint density at radius 1 is 1.25 bits per heavy atom. The third-order valence-electron chi connectivity index (χ3n) is 4.25. The van der Waals surface area contributed by atoms with Gasteiger partial charge >= 0.3 is 0 Å². The van der Waals surface area contributed by atoms with Gasteiger partial charge in [-0.1, -0.05) is 18.2 Å². The number of fused-ring (bicyclic) bond motifs is 1. The number of rotatable bonds is 4. The second-order valence-corrected chi connectivity index (χ2v) is 5.69. The van der Waals surface area contributed by atoms with Crippen LogP contribution in [0.2, 0.25) is 0 Å². The van der Waals surface area contributed by atoms with E-state index in [1.165, 1.54) is 12.0 Å². The molecule has 0 aromatic heterocycles. The predicted octanol–water partition coefficient (Wildman–Crippen LogP) is 1.96. The van der Waals surface area contributed by atoms with Gasteiger partial charge in [-0.25, -0.2) is 0 Å². The zero-order valence-corrected chi connectivity index (χ0v) is 11.7. The Morgan fingerprint density at radius 2 is 2.15 bits per heavy atom. The van der Waals surface area contributed by atoms with E-state index in [1.807, 2.05) is 18.2 Å². The van der Waals surface area contributed by atoms with E-state index in [2.05, 4.69) is 16.7 Å². The van der Waals surface area contributed by atoms with Crippen LogP contribution in [-0.2, 0) is 16.0 Å². The highest BCUT2D eigenvalue weighted by Crippen LogP contribution is 2.23. The van der Waals surface area contributed by atoms with Crippen LogP contribution in [0.4, 0.5) is 5.69 Å². The van der Waals surface area contributed by atoms with Gasteiger partial charge in [0.05, 0.1) is 0 Å². The second-order valence-electron chi connectivity index (χ2n) is 5.69. The van der Waals surface area contributed by atoms with E-state index in [9.17, 15) is 4.79 Å². The van der Waals surface area contributed by atoms with Crippen molar-refractivity contribution in [2.24, 2.45) is 5.92 Å². The van der Waals surface area contributed by atoms with E-state index in [4.69, 9.17) is 4.74 Å². The normalized spacial score (nSPS) is 25.9. The summed E-state index contributed by atoms with van der Waals surface area (Å²) in [5.74, 6) is 0.709. The molecule has 2 unspecified atom stereocenters. The molecule has 0 radical (unpaired) electrons. The Kier molecular flexibility index (Phi) is 4.33. The fourth-order valence-corrected chi connectivity index (χ4v) is 2.99. The van der Waals surface area contributed by atoms with Crippen molar-refractivity contribution in [2.45, 2.75) is 31.8 Å². The first-order valence-electron chi connectivity index (χ1n) is 7.54. The van der Waals surface area contributed by atoms with Crippen molar-refractivity contribution >= 4 is 11.6 Å². The van der Waals surface area contributed by atoms with Gasteiger partial charge < -0.3 is 15.4 Å². The lowest BCUT2D eigenvalue weighted by atomic mass is 10.1. The maximum absolute atomic E-state index is 12.2. The minimum absolute atomic E-state index is 0.000466. The molecule has 20 heavy (non-hydrogen) atoms. The van der Waals surface area contributed by atoms with Gasteiger partial charge in [-0.3, -0.25) is 4.79 Å². The van der Waals surface area contributed by atoms with Crippen LogP contribution in [0.25, 0.3) is 0 Å². The number of ether oxygens (including phenoxy) is 1. The molecule has 0 aliphatic carbocycles. The summed E-state index contributed by atoms with van der Waals surface area (Å²) < 4.78 is 5.83. The minimum atomic E-state index is -0.309. The maximum atomic E-state index is 12.2. The summed E-state index contributed by atoms with van der Waals surface area (Å²) in [5, 5.41) is 6.33. The molecule has 2 heterocycles. The molecular weight excluding hydrogens is 252 g/mol. The highest BCUT2D eigenvalue weighted by atomic mass is 16.5. The number of carbonyl (C=O) groups excluding carboxylic acids is 1. The lowest BCUT2D eigenvalue weighted by Gasteiger charge is -2.16. The second kappa shape index (κ2) is 6.37. The Hall–Kier alpha value is -1.39. The molecule has 3 rings (SSSR count). The lowest BCUT2D eigenvalue weighted by Crippen LogP contribution is -2.30. The van der Waals surface area contributed by atoms with Crippen molar-refractivity contribution in [3.63, 3.8) is 0 Å². The molecule has 2 N–H and O–H groups in total. The Labute approximate surface area is 119 Å². The van der Waals surface area contributed by atoms with Crippen LogP contribution >= 0.6 is 0 Å². The third kappa shape index (κ3) is 3.19. The topological polar surface area (TPSA) is 50.4 Å². The van der Waals surface area contributed by atoms with E-state index in [-0.39, 0.29) is 12.0 Å². The van der Waals surface area contributed by atoms with Crippen molar-refractivity contribution in [1.82, 2.24) is 5.32 Å². The van der Waals surface area contributed by atoms with E-state index < -0.39 is 0 Å². The van der Waals surface area contributed by atoms with E-state index in [1.54, 1.807) is 0 Å². The number of carbonyl (C=O) groups is 1. The van der Waals surface area contributed by atoms with Crippen molar-refractivity contribution in [3.8, 4) is 0 Å². The average molecular weight is 274 g/mol. The molecule has 4 nitrogen and oxygen atoms in total. The number of benzene rings is 1. The van der Waals surface area contributed by atoms with Gasteiger partial charge in [0.1, 0.15) is 6.10 Å². The standard InChI is InChI=1S/C16H22N2O2/c19-16-15(20-10-8-12-7-9-17-11-12)6-5-13-3-1-2-4-14(13)18-16/h1-4,12,15,17H,5-11H2,(H,18,19). The molecule has 0 saturated carbocycles. The number of amides is 1. The molecular formula is C16H22N2O2. The molecule has 2 aliphatic heterocycles. The zero-order valence-electron chi connectivity index (χ0n) is 11.7. The molecule has 1 aromatic carbocycles. The van der Waals surface area contributed by atoms with Gasteiger partial charge in [-0.15, -0.1) is 0 Å². The van der Waals surface area contributed by atoms with Crippen molar-refractivity contribution < 1.29 is 9.53 Å². The van der Waals surface area contributed by atoms with Crippen LogP contribution in [0.1, 0.15) is 24.8 Å². The highest BCUT2D eigenvalue weighted by Gasteiger charge is 2.24. The van der Waals surface area contributed by atoms with Gasteiger partial charge in [0, 0.05) is 12.3 Å². The van der Waals surface area contributed by atoms with Crippen LogP contribution < -0.4 is 10.6 Å². The van der Waals surface area contributed by atoms with Crippen LogP contribution in [-0.4, -0.2) is 31.7 Å². The minimum Gasteiger partial charge on any atom is -0.368 e. The molecule has 4 heteroatoms. The molecule has 108 valence electrons. The zero-order chi connectivity index (χ0) is 13.8. The predicted molar refractivity (Wildman–Crippen MR) is 78.7 cm³/mol. The number of aryl methyl sites for hydroxylation is 1. The smallest absolute Gasteiger partial charge is 0.253 e. The SMILES string of the molecule is O=C1Nc2ccccc2CCC1OCCC1CCNC1. The highest BCUT2D eigenvalue weighted by molar-refractivity contribution is 5.95. The fraction of sp³-hybridized carbons (Fsp3) is 0.562. The molecule has 2 atom stereocenters. The van der Waals surface area contributed by atoms with E-state index in [0.717, 1.165) is 38.0 Å². The number of anilines is 1. The summed E-state index contributed by atoms with van der Waals surface area (Å²) in [6, 6.07) is 7.99. The Balaban J connectivity index is 1.52. The van der Waals surface area contributed by atoms with Gasteiger partial charge in [-0.05, 0) is 56.3 Å². The van der Waals surface area contributed by atoms with Gasteiger partial charge in [0.15, 0.2) is 0 Å².